The molecule has 5 heteroatoms. The summed E-state index contributed by atoms with van der Waals surface area (Å²) in [4.78, 5) is 25.1. The van der Waals surface area contributed by atoms with Crippen LogP contribution in [-0.4, -0.2) is 50.1 Å². The second-order valence-corrected chi connectivity index (χ2v) is 6.44. The van der Waals surface area contributed by atoms with Gasteiger partial charge in [-0.15, -0.1) is 0 Å². The summed E-state index contributed by atoms with van der Waals surface area (Å²) in [5.41, 5.74) is 1.40. The third-order valence-electron chi connectivity index (χ3n) is 4.55. The van der Waals surface area contributed by atoms with Crippen molar-refractivity contribution >= 4 is 11.9 Å². The van der Waals surface area contributed by atoms with Gasteiger partial charge < -0.3 is 10.1 Å². The molecule has 0 atom stereocenters. The van der Waals surface area contributed by atoms with E-state index in [9.17, 15) is 9.59 Å². The first-order valence-corrected chi connectivity index (χ1v) is 8.77. The number of nitrogens with zero attached hydrogens (tertiary/aromatic N) is 1. The number of likely N-dealkylation sites (tertiary alicyclic amines) is 1. The minimum absolute atomic E-state index is 0.0429. The topological polar surface area (TPSA) is 58.6 Å². The van der Waals surface area contributed by atoms with Crippen molar-refractivity contribution in [2.24, 2.45) is 5.92 Å². The second kappa shape index (κ2) is 10.1. The van der Waals surface area contributed by atoms with Crippen molar-refractivity contribution in [3.63, 3.8) is 0 Å². The molecule has 0 aromatic heterocycles. The molecule has 1 saturated heterocycles. The number of hydrogen-bond acceptors (Lipinski definition) is 4. The zero-order valence-corrected chi connectivity index (χ0v) is 14.5. The molecule has 1 aromatic rings. The van der Waals surface area contributed by atoms with E-state index < -0.39 is 0 Å². The van der Waals surface area contributed by atoms with E-state index in [1.807, 2.05) is 0 Å². The van der Waals surface area contributed by atoms with Gasteiger partial charge in [-0.3, -0.25) is 14.5 Å². The molecule has 0 spiro atoms. The predicted molar refractivity (Wildman–Crippen MR) is 93.6 cm³/mol. The van der Waals surface area contributed by atoms with Crippen LogP contribution in [0.5, 0.6) is 0 Å². The average molecular weight is 332 g/mol. The molecular formula is C19H28N2O3. The van der Waals surface area contributed by atoms with Crippen molar-refractivity contribution in [1.82, 2.24) is 10.2 Å². The average Bonchev–Trinajstić information content (AvgIpc) is 2.61. The van der Waals surface area contributed by atoms with Crippen molar-refractivity contribution in [1.29, 1.82) is 0 Å². The number of rotatable bonds is 8. The summed E-state index contributed by atoms with van der Waals surface area (Å²) >= 11 is 0. The maximum atomic E-state index is 11.9. The predicted octanol–water partition coefficient (Wildman–Crippen LogP) is 2.01. The Morgan fingerprint density at radius 1 is 1.21 bits per heavy atom. The molecule has 0 bridgehead atoms. The Labute approximate surface area is 144 Å². The van der Waals surface area contributed by atoms with Gasteiger partial charge in [-0.25, -0.2) is 0 Å². The van der Waals surface area contributed by atoms with E-state index in [0.717, 1.165) is 32.4 Å². The van der Waals surface area contributed by atoms with Crippen LogP contribution < -0.4 is 5.32 Å². The molecule has 2 rings (SSSR count). The van der Waals surface area contributed by atoms with Crippen LogP contribution in [0.25, 0.3) is 0 Å². The number of hydrogen-bond donors (Lipinski definition) is 1. The second-order valence-electron chi connectivity index (χ2n) is 6.44. The Kier molecular flexibility index (Phi) is 7.75. The molecule has 1 aliphatic heterocycles. The van der Waals surface area contributed by atoms with Crippen molar-refractivity contribution in [3.05, 3.63) is 35.9 Å². The smallest absolute Gasteiger partial charge is 0.305 e. The quantitative estimate of drug-likeness (QED) is 0.584. The van der Waals surface area contributed by atoms with Crippen LogP contribution in [0.1, 0.15) is 31.2 Å². The standard InChI is InChI=1S/C19H28N2O3/c1-24-19(23)8-5-11-20-18(22)15-21-12-9-17(10-13-21)14-16-6-3-2-4-7-16/h2-4,6-7,17H,5,8-15H2,1H3,(H,20,22). The summed E-state index contributed by atoms with van der Waals surface area (Å²) in [6, 6.07) is 10.6. The molecule has 0 aliphatic carbocycles. The van der Waals surface area contributed by atoms with Crippen LogP contribution in [0, 0.1) is 5.92 Å². The number of amides is 1. The van der Waals surface area contributed by atoms with Crippen LogP contribution in [0.2, 0.25) is 0 Å². The normalized spacial score (nSPS) is 15.9. The van der Waals surface area contributed by atoms with Gasteiger partial charge in [-0.1, -0.05) is 30.3 Å². The van der Waals surface area contributed by atoms with Crippen LogP contribution in [0.3, 0.4) is 0 Å². The monoisotopic (exact) mass is 332 g/mol. The van der Waals surface area contributed by atoms with E-state index >= 15 is 0 Å². The number of esters is 1. The number of methoxy groups -OCH3 is 1. The molecule has 132 valence electrons. The molecule has 24 heavy (non-hydrogen) atoms. The first kappa shape index (κ1) is 18.5. The molecule has 1 N–H and O–H groups in total. The molecule has 5 nitrogen and oxygen atoms in total. The van der Waals surface area contributed by atoms with Crippen molar-refractivity contribution in [2.75, 3.05) is 33.3 Å². The highest BCUT2D eigenvalue weighted by Crippen LogP contribution is 2.21. The molecule has 1 aliphatic rings. The molecule has 0 radical (unpaired) electrons. The summed E-state index contributed by atoms with van der Waals surface area (Å²) in [7, 11) is 1.38. The molecule has 1 aromatic carbocycles. The Morgan fingerprint density at radius 3 is 2.58 bits per heavy atom. The zero-order chi connectivity index (χ0) is 17.2. The van der Waals surface area contributed by atoms with E-state index in [1.54, 1.807) is 0 Å². The first-order chi connectivity index (χ1) is 11.7. The minimum atomic E-state index is -0.232. The maximum absolute atomic E-state index is 11.9. The van der Waals surface area contributed by atoms with Gasteiger partial charge in [0.1, 0.15) is 0 Å². The highest BCUT2D eigenvalue weighted by Gasteiger charge is 2.20. The van der Waals surface area contributed by atoms with E-state index in [2.05, 4.69) is 45.3 Å². The fraction of sp³-hybridized carbons (Fsp3) is 0.579. The SMILES string of the molecule is COC(=O)CCCNC(=O)CN1CCC(Cc2ccccc2)CC1. The lowest BCUT2D eigenvalue weighted by Gasteiger charge is -2.31. The summed E-state index contributed by atoms with van der Waals surface area (Å²) in [6.45, 7) is 2.94. The lowest BCUT2D eigenvalue weighted by atomic mass is 9.90. The number of carbonyl (C=O) groups is 2. The van der Waals surface area contributed by atoms with Gasteiger partial charge in [0.2, 0.25) is 5.91 Å². The largest absolute Gasteiger partial charge is 0.469 e. The molecule has 0 unspecified atom stereocenters. The van der Waals surface area contributed by atoms with Gasteiger partial charge in [-0.05, 0) is 50.3 Å². The summed E-state index contributed by atoms with van der Waals surface area (Å²) in [6.07, 6.45) is 4.39. The highest BCUT2D eigenvalue weighted by molar-refractivity contribution is 5.78. The van der Waals surface area contributed by atoms with E-state index in [4.69, 9.17) is 0 Å². The number of piperidine rings is 1. The number of benzene rings is 1. The summed E-state index contributed by atoms with van der Waals surface area (Å²) in [5, 5.41) is 2.87. The third-order valence-corrected chi connectivity index (χ3v) is 4.55. The van der Waals surface area contributed by atoms with Gasteiger partial charge in [0.25, 0.3) is 0 Å². The van der Waals surface area contributed by atoms with Crippen molar-refractivity contribution < 1.29 is 14.3 Å². The Morgan fingerprint density at radius 2 is 1.92 bits per heavy atom. The molecule has 1 fully saturated rings. The lowest BCUT2D eigenvalue weighted by molar-refractivity contribution is -0.140. The van der Waals surface area contributed by atoms with Gasteiger partial charge in [0, 0.05) is 13.0 Å². The molecule has 1 amide bonds. The van der Waals surface area contributed by atoms with Gasteiger partial charge >= 0.3 is 5.97 Å². The van der Waals surface area contributed by atoms with E-state index in [-0.39, 0.29) is 11.9 Å². The van der Waals surface area contributed by atoms with E-state index in [1.165, 1.54) is 12.7 Å². The van der Waals surface area contributed by atoms with Gasteiger partial charge in [0.15, 0.2) is 0 Å². The fourth-order valence-corrected chi connectivity index (χ4v) is 3.12. The van der Waals surface area contributed by atoms with E-state index in [0.29, 0.717) is 31.8 Å². The highest BCUT2D eigenvalue weighted by atomic mass is 16.5. The van der Waals surface area contributed by atoms with Gasteiger partial charge in [-0.2, -0.15) is 0 Å². The maximum Gasteiger partial charge on any atom is 0.305 e. The summed E-state index contributed by atoms with van der Waals surface area (Å²) in [5.74, 6) is 0.526. The Balaban J connectivity index is 1.58. The Hall–Kier alpha value is -1.88. The van der Waals surface area contributed by atoms with Crippen molar-refractivity contribution in [3.8, 4) is 0 Å². The number of carbonyl (C=O) groups excluding carboxylic acids is 2. The number of ether oxygens (including phenoxy) is 1. The zero-order valence-electron chi connectivity index (χ0n) is 14.5. The molecular weight excluding hydrogens is 304 g/mol. The third kappa shape index (κ3) is 6.71. The minimum Gasteiger partial charge on any atom is -0.469 e. The van der Waals surface area contributed by atoms with Crippen molar-refractivity contribution in [2.45, 2.75) is 32.1 Å². The van der Waals surface area contributed by atoms with Crippen LogP contribution in [0.4, 0.5) is 0 Å². The lowest BCUT2D eigenvalue weighted by Crippen LogP contribution is -2.42. The molecule has 1 heterocycles. The first-order valence-electron chi connectivity index (χ1n) is 8.77. The summed E-state index contributed by atoms with van der Waals surface area (Å²) < 4.78 is 4.57. The van der Waals surface area contributed by atoms with Crippen LogP contribution in [0.15, 0.2) is 30.3 Å². The van der Waals surface area contributed by atoms with Crippen LogP contribution in [-0.2, 0) is 20.7 Å². The molecule has 0 saturated carbocycles. The van der Waals surface area contributed by atoms with Gasteiger partial charge in [0.05, 0.1) is 13.7 Å². The number of nitrogens with one attached hydrogen (secondary N) is 1. The Bertz CT molecular complexity index is 511. The fourth-order valence-electron chi connectivity index (χ4n) is 3.12. The van der Waals surface area contributed by atoms with Crippen LogP contribution >= 0.6 is 0 Å².